The molecule has 0 radical (unpaired) electrons. The average molecular weight is 326 g/mol. The van der Waals surface area contributed by atoms with Gasteiger partial charge in [-0.1, -0.05) is 38.1 Å². The van der Waals surface area contributed by atoms with Crippen LogP contribution in [0.25, 0.3) is 0 Å². The van der Waals surface area contributed by atoms with Crippen LogP contribution in [0.15, 0.2) is 42.7 Å². The van der Waals surface area contributed by atoms with E-state index in [0.717, 1.165) is 37.7 Å². The Morgan fingerprint density at radius 1 is 0.958 bits per heavy atom. The molecule has 3 rings (SSSR count). The van der Waals surface area contributed by atoms with Gasteiger partial charge in [-0.15, -0.1) is 0 Å². The smallest absolute Gasteiger partial charge is 0.225 e. The summed E-state index contributed by atoms with van der Waals surface area (Å²) in [6, 6.07) is 10.2. The lowest BCUT2D eigenvalue weighted by Crippen LogP contribution is -2.48. The van der Waals surface area contributed by atoms with E-state index in [-0.39, 0.29) is 0 Å². The molecule has 5 heteroatoms. The van der Waals surface area contributed by atoms with Gasteiger partial charge in [0.05, 0.1) is 6.10 Å². The summed E-state index contributed by atoms with van der Waals surface area (Å²) < 4.78 is 0. The van der Waals surface area contributed by atoms with Crippen LogP contribution in [0.2, 0.25) is 0 Å². The van der Waals surface area contributed by atoms with E-state index in [4.69, 9.17) is 0 Å². The van der Waals surface area contributed by atoms with Crippen molar-refractivity contribution in [1.82, 2.24) is 14.9 Å². The summed E-state index contributed by atoms with van der Waals surface area (Å²) in [5.74, 6) is 1.31. The third-order valence-corrected chi connectivity index (χ3v) is 4.63. The van der Waals surface area contributed by atoms with E-state index in [2.05, 4.69) is 45.7 Å². The molecule has 0 bridgehead atoms. The highest BCUT2D eigenvalue weighted by Gasteiger charge is 2.21. The van der Waals surface area contributed by atoms with Gasteiger partial charge in [-0.3, -0.25) is 4.90 Å². The summed E-state index contributed by atoms with van der Waals surface area (Å²) in [6.07, 6.45) is 3.11. The molecule has 1 fully saturated rings. The zero-order valence-electron chi connectivity index (χ0n) is 14.5. The Balaban J connectivity index is 1.52. The van der Waals surface area contributed by atoms with Gasteiger partial charge in [-0.2, -0.15) is 0 Å². The van der Waals surface area contributed by atoms with Gasteiger partial charge in [-0.05, 0) is 23.1 Å². The van der Waals surface area contributed by atoms with Crippen molar-refractivity contribution in [2.45, 2.75) is 25.9 Å². The van der Waals surface area contributed by atoms with Crippen LogP contribution in [0.3, 0.4) is 0 Å². The Morgan fingerprint density at radius 2 is 1.54 bits per heavy atom. The number of β-amino-alcohol motifs (C(OH)–C–C–N with tert-alkyl or cyclic N) is 1. The molecule has 1 atom stereocenters. The number of aliphatic hydroxyl groups is 1. The highest BCUT2D eigenvalue weighted by molar-refractivity contribution is 5.29. The van der Waals surface area contributed by atoms with Gasteiger partial charge in [0.25, 0.3) is 0 Å². The van der Waals surface area contributed by atoms with Crippen LogP contribution in [-0.2, 0) is 0 Å². The minimum atomic E-state index is -0.439. The molecule has 0 amide bonds. The Morgan fingerprint density at radius 3 is 2.12 bits per heavy atom. The van der Waals surface area contributed by atoms with E-state index in [1.165, 1.54) is 5.56 Å². The molecule has 24 heavy (non-hydrogen) atoms. The van der Waals surface area contributed by atoms with E-state index in [9.17, 15) is 5.11 Å². The zero-order valence-corrected chi connectivity index (χ0v) is 14.5. The summed E-state index contributed by atoms with van der Waals surface area (Å²) in [4.78, 5) is 13.1. The summed E-state index contributed by atoms with van der Waals surface area (Å²) in [5.41, 5.74) is 2.30. The zero-order chi connectivity index (χ0) is 16.9. The second-order valence-electron chi connectivity index (χ2n) is 6.67. The predicted molar refractivity (Wildman–Crippen MR) is 96.2 cm³/mol. The topological polar surface area (TPSA) is 52.5 Å². The van der Waals surface area contributed by atoms with E-state index in [1.807, 2.05) is 18.2 Å². The minimum absolute atomic E-state index is 0.439. The Hall–Kier alpha value is -1.98. The normalized spacial score (nSPS) is 17.2. The standard InChI is InChI=1S/C19H26N4O/c1-15(2)16-4-6-17(7-5-16)18(24)14-22-10-12-23(13-11-22)19-20-8-3-9-21-19/h3-9,15,18,24H,10-14H2,1-2H3/t18-/m1/s1. The Labute approximate surface area is 144 Å². The average Bonchev–Trinajstić information content (AvgIpc) is 2.63. The molecular weight excluding hydrogens is 300 g/mol. The van der Waals surface area contributed by atoms with Crippen LogP contribution in [0, 0.1) is 0 Å². The van der Waals surface area contributed by atoms with E-state index in [1.54, 1.807) is 12.4 Å². The lowest BCUT2D eigenvalue weighted by atomic mass is 10.00. The lowest BCUT2D eigenvalue weighted by Gasteiger charge is -2.35. The fourth-order valence-corrected chi connectivity index (χ4v) is 3.04. The summed E-state index contributed by atoms with van der Waals surface area (Å²) in [5, 5.41) is 10.5. The largest absolute Gasteiger partial charge is 0.387 e. The predicted octanol–water partition coefficient (Wildman–Crippen LogP) is 2.46. The highest BCUT2D eigenvalue weighted by Crippen LogP contribution is 2.20. The minimum Gasteiger partial charge on any atom is -0.387 e. The Bertz CT molecular complexity index is 622. The second-order valence-corrected chi connectivity index (χ2v) is 6.67. The maximum absolute atomic E-state index is 10.5. The van der Waals surface area contributed by atoms with Crippen molar-refractivity contribution in [3.8, 4) is 0 Å². The van der Waals surface area contributed by atoms with Crippen molar-refractivity contribution in [2.24, 2.45) is 0 Å². The fraction of sp³-hybridized carbons (Fsp3) is 0.474. The van der Waals surface area contributed by atoms with Gasteiger partial charge < -0.3 is 10.0 Å². The molecular formula is C19H26N4O. The van der Waals surface area contributed by atoms with Gasteiger partial charge >= 0.3 is 0 Å². The van der Waals surface area contributed by atoms with Crippen molar-refractivity contribution in [1.29, 1.82) is 0 Å². The molecule has 0 saturated carbocycles. The number of aromatic nitrogens is 2. The van der Waals surface area contributed by atoms with Gasteiger partial charge in [-0.25, -0.2) is 9.97 Å². The molecule has 0 unspecified atom stereocenters. The van der Waals surface area contributed by atoms with Gasteiger partial charge in [0.1, 0.15) is 0 Å². The van der Waals surface area contributed by atoms with Gasteiger partial charge in [0.2, 0.25) is 5.95 Å². The monoisotopic (exact) mass is 326 g/mol. The third-order valence-electron chi connectivity index (χ3n) is 4.63. The van der Waals surface area contributed by atoms with Crippen LogP contribution in [0.1, 0.15) is 37.0 Å². The number of hydrogen-bond acceptors (Lipinski definition) is 5. The number of rotatable bonds is 5. The number of piperazine rings is 1. The number of nitrogens with zero attached hydrogens (tertiary/aromatic N) is 4. The summed E-state index contributed by atoms with van der Waals surface area (Å²) >= 11 is 0. The molecule has 1 aromatic carbocycles. The molecule has 1 saturated heterocycles. The Kier molecular flexibility index (Phi) is 5.43. The fourth-order valence-electron chi connectivity index (χ4n) is 3.04. The first-order chi connectivity index (χ1) is 11.6. The maximum Gasteiger partial charge on any atom is 0.225 e. The SMILES string of the molecule is CC(C)c1ccc([C@H](O)CN2CCN(c3ncccn3)CC2)cc1. The molecule has 0 aliphatic carbocycles. The first-order valence-corrected chi connectivity index (χ1v) is 8.65. The third kappa shape index (κ3) is 4.10. The number of benzene rings is 1. The van der Waals surface area contributed by atoms with Crippen molar-refractivity contribution in [3.05, 3.63) is 53.9 Å². The van der Waals surface area contributed by atoms with Crippen LogP contribution >= 0.6 is 0 Å². The van der Waals surface area contributed by atoms with Crippen LogP contribution in [-0.4, -0.2) is 52.7 Å². The molecule has 1 aliphatic rings. The second kappa shape index (κ2) is 7.73. The number of hydrogen-bond donors (Lipinski definition) is 1. The van der Waals surface area contributed by atoms with Crippen LogP contribution < -0.4 is 4.90 Å². The first-order valence-electron chi connectivity index (χ1n) is 8.65. The molecule has 128 valence electrons. The highest BCUT2D eigenvalue weighted by atomic mass is 16.3. The first kappa shape index (κ1) is 16.9. The molecule has 1 N–H and O–H groups in total. The molecule has 1 aliphatic heterocycles. The van der Waals surface area contributed by atoms with Crippen LogP contribution in [0.5, 0.6) is 0 Å². The lowest BCUT2D eigenvalue weighted by molar-refractivity contribution is 0.109. The molecule has 2 heterocycles. The van der Waals surface area contributed by atoms with Crippen molar-refractivity contribution >= 4 is 5.95 Å². The van der Waals surface area contributed by atoms with Crippen LogP contribution in [0.4, 0.5) is 5.95 Å². The van der Waals surface area contributed by atoms with E-state index < -0.39 is 6.10 Å². The molecule has 5 nitrogen and oxygen atoms in total. The van der Waals surface area contributed by atoms with E-state index in [0.29, 0.717) is 12.5 Å². The van der Waals surface area contributed by atoms with Gasteiger partial charge in [0.15, 0.2) is 0 Å². The summed E-state index contributed by atoms with van der Waals surface area (Å²) in [6.45, 7) is 8.65. The molecule has 0 spiro atoms. The quantitative estimate of drug-likeness (QED) is 0.915. The van der Waals surface area contributed by atoms with Crippen molar-refractivity contribution in [2.75, 3.05) is 37.6 Å². The summed E-state index contributed by atoms with van der Waals surface area (Å²) in [7, 11) is 0. The maximum atomic E-state index is 10.5. The van der Waals surface area contributed by atoms with Gasteiger partial charge in [0, 0.05) is 45.1 Å². The number of aliphatic hydroxyl groups excluding tert-OH is 1. The molecule has 2 aromatic rings. The van der Waals surface area contributed by atoms with Crippen molar-refractivity contribution < 1.29 is 5.11 Å². The molecule has 1 aromatic heterocycles. The number of anilines is 1. The van der Waals surface area contributed by atoms with Crippen molar-refractivity contribution in [3.63, 3.8) is 0 Å². The van der Waals surface area contributed by atoms with E-state index >= 15 is 0 Å².